The van der Waals surface area contributed by atoms with Gasteiger partial charge in [-0.1, -0.05) is 91.0 Å². The molecule has 0 spiro atoms. The molecule has 0 aromatic carbocycles. The number of fused-ring (bicyclic) bond motifs is 2. The zero-order chi connectivity index (χ0) is 17.3. The van der Waals surface area contributed by atoms with Crippen molar-refractivity contribution in [2.45, 2.75) is 0 Å². The van der Waals surface area contributed by atoms with E-state index >= 15 is 0 Å². The smallest absolute Gasteiger partial charge is 0.0715 e. The maximum absolute atomic E-state index is 5.00. The third kappa shape index (κ3) is 2.46. The molecule has 0 fully saturated rings. The van der Waals surface area contributed by atoms with Crippen molar-refractivity contribution in [3.8, 4) is 44.8 Å². The highest BCUT2D eigenvalue weighted by Gasteiger charge is 2.14. The third-order valence-electron chi connectivity index (χ3n) is 4.88. The number of nitrogens with zero attached hydrogens (tertiary/aromatic N) is 1. The minimum Gasteiger partial charge on any atom is -0.248 e. The van der Waals surface area contributed by atoms with Gasteiger partial charge < -0.3 is 0 Å². The van der Waals surface area contributed by atoms with Crippen molar-refractivity contribution in [3.63, 3.8) is 0 Å². The summed E-state index contributed by atoms with van der Waals surface area (Å²) in [6.45, 7) is 0. The molecule has 4 aliphatic rings. The van der Waals surface area contributed by atoms with Gasteiger partial charge in [-0.3, -0.25) is 0 Å². The average molecular weight is 331 g/mol. The van der Waals surface area contributed by atoms with Crippen LogP contribution >= 0.6 is 0 Å². The van der Waals surface area contributed by atoms with Gasteiger partial charge in [0, 0.05) is 11.1 Å². The second-order valence-corrected chi connectivity index (χ2v) is 6.46. The van der Waals surface area contributed by atoms with E-state index in [1.807, 2.05) is 0 Å². The highest BCUT2D eigenvalue weighted by molar-refractivity contribution is 5.88. The summed E-state index contributed by atoms with van der Waals surface area (Å²) in [6, 6.07) is 36.0. The van der Waals surface area contributed by atoms with Gasteiger partial charge in [-0.25, -0.2) is 4.98 Å². The van der Waals surface area contributed by atoms with E-state index < -0.39 is 0 Å². The van der Waals surface area contributed by atoms with E-state index in [-0.39, 0.29) is 0 Å². The van der Waals surface area contributed by atoms with Gasteiger partial charge in [0.25, 0.3) is 0 Å². The monoisotopic (exact) mass is 331 g/mol. The van der Waals surface area contributed by atoms with Crippen LogP contribution in [0.4, 0.5) is 0 Å². The molecule has 122 valence electrons. The van der Waals surface area contributed by atoms with Gasteiger partial charge in [-0.05, 0) is 34.4 Å². The van der Waals surface area contributed by atoms with Crippen molar-refractivity contribution in [2.75, 3.05) is 0 Å². The predicted octanol–water partition coefficient (Wildman–Crippen LogP) is 6.63. The molecular weight excluding hydrogens is 314 g/mol. The van der Waals surface area contributed by atoms with Gasteiger partial charge in [0.15, 0.2) is 0 Å². The lowest BCUT2D eigenvalue weighted by Crippen LogP contribution is -1.87. The summed E-state index contributed by atoms with van der Waals surface area (Å²) in [7, 11) is 0. The lowest BCUT2D eigenvalue weighted by Gasteiger charge is -2.06. The van der Waals surface area contributed by atoms with Crippen molar-refractivity contribution < 1.29 is 0 Å². The lowest BCUT2D eigenvalue weighted by molar-refractivity contribution is 1.33. The molecule has 0 atom stereocenters. The Balaban J connectivity index is 1.64. The van der Waals surface area contributed by atoms with E-state index in [0.717, 1.165) is 11.4 Å². The molecular formula is C25H17N. The molecule has 0 radical (unpaired) electrons. The summed E-state index contributed by atoms with van der Waals surface area (Å²) in [5.74, 6) is 0. The molecule has 0 bridgehead atoms. The van der Waals surface area contributed by atoms with E-state index in [9.17, 15) is 0 Å². The molecule has 26 heavy (non-hydrogen) atoms. The van der Waals surface area contributed by atoms with E-state index in [2.05, 4.69) is 103 Å². The minimum absolute atomic E-state index is 1.01. The summed E-state index contributed by atoms with van der Waals surface area (Å²) in [6.07, 6.45) is 0. The van der Waals surface area contributed by atoms with Crippen LogP contribution in [0.15, 0.2) is 103 Å². The molecule has 0 amide bonds. The maximum Gasteiger partial charge on any atom is 0.0715 e. The second-order valence-electron chi connectivity index (χ2n) is 6.46. The normalized spacial score (nSPS) is 11.1. The Hall–Kier alpha value is -3.45. The van der Waals surface area contributed by atoms with Crippen LogP contribution in [0.2, 0.25) is 0 Å². The van der Waals surface area contributed by atoms with Crippen LogP contribution in [0.5, 0.6) is 0 Å². The van der Waals surface area contributed by atoms with Crippen molar-refractivity contribution >= 4 is 0 Å². The number of pyridine rings is 1. The van der Waals surface area contributed by atoms with Crippen molar-refractivity contribution in [1.82, 2.24) is 4.98 Å². The molecule has 0 unspecified atom stereocenters. The molecule has 1 aromatic rings. The van der Waals surface area contributed by atoms with Gasteiger partial charge >= 0.3 is 0 Å². The van der Waals surface area contributed by atoms with Crippen molar-refractivity contribution in [2.24, 2.45) is 0 Å². The largest absolute Gasteiger partial charge is 0.248 e. The molecule has 4 aliphatic carbocycles. The Labute approximate surface area is 153 Å². The fourth-order valence-electron chi connectivity index (χ4n) is 3.61. The second kappa shape index (κ2) is 6.12. The first-order chi connectivity index (χ1) is 12.9. The first-order valence-corrected chi connectivity index (χ1v) is 8.83. The number of hydrogen-bond acceptors (Lipinski definition) is 1. The first kappa shape index (κ1) is 14.9. The zero-order valence-electron chi connectivity index (χ0n) is 14.3. The summed E-state index contributed by atoms with van der Waals surface area (Å²) < 4.78 is 0. The van der Waals surface area contributed by atoms with Crippen LogP contribution in [-0.4, -0.2) is 4.98 Å². The summed E-state index contributed by atoms with van der Waals surface area (Å²) in [5, 5.41) is 0. The standard InChI is InChI=1S/C25H17N/c1-3-8-18-14-16-22(20(18)10-5-1)24-12-7-13-25(26-24)23-17-15-19-9-4-2-6-11-21(19)23/h1-17H. The van der Waals surface area contributed by atoms with E-state index in [1.165, 1.54) is 33.4 Å². The molecule has 1 nitrogen and oxygen atoms in total. The Morgan fingerprint density at radius 3 is 1.38 bits per heavy atom. The van der Waals surface area contributed by atoms with Crippen LogP contribution in [0.1, 0.15) is 0 Å². The van der Waals surface area contributed by atoms with Crippen LogP contribution in [-0.2, 0) is 0 Å². The highest BCUT2D eigenvalue weighted by Crippen LogP contribution is 2.37. The summed E-state index contributed by atoms with van der Waals surface area (Å²) in [4.78, 5) is 5.00. The van der Waals surface area contributed by atoms with Crippen LogP contribution in [0, 0.1) is 0 Å². The fraction of sp³-hybridized carbons (Fsp3) is 0. The molecule has 0 aliphatic heterocycles. The molecule has 1 aromatic heterocycles. The van der Waals surface area contributed by atoms with Crippen LogP contribution in [0.25, 0.3) is 44.8 Å². The van der Waals surface area contributed by atoms with Crippen LogP contribution < -0.4 is 0 Å². The Bertz CT molecular complexity index is 1050. The predicted molar refractivity (Wildman–Crippen MR) is 108 cm³/mol. The SMILES string of the molecule is c1ccc2ccc(-c3cccc(-c4ccc5cccccc4-5)n3)c-2cc1. The lowest BCUT2D eigenvalue weighted by atomic mass is 10.0. The quantitative estimate of drug-likeness (QED) is 0.354. The maximum atomic E-state index is 5.00. The van der Waals surface area contributed by atoms with Crippen molar-refractivity contribution in [1.29, 1.82) is 0 Å². The van der Waals surface area contributed by atoms with Gasteiger partial charge in [-0.2, -0.15) is 0 Å². The minimum atomic E-state index is 1.01. The third-order valence-corrected chi connectivity index (χ3v) is 4.88. The average Bonchev–Trinajstić information content (AvgIpc) is 3.08. The van der Waals surface area contributed by atoms with Gasteiger partial charge in [-0.15, -0.1) is 0 Å². The van der Waals surface area contributed by atoms with E-state index in [1.54, 1.807) is 0 Å². The molecule has 0 N–H and O–H groups in total. The fourth-order valence-corrected chi connectivity index (χ4v) is 3.61. The molecule has 1 heteroatoms. The van der Waals surface area contributed by atoms with Gasteiger partial charge in [0.05, 0.1) is 11.4 Å². The Kier molecular flexibility index (Phi) is 3.50. The number of hydrogen-bond donors (Lipinski definition) is 0. The number of rotatable bonds is 2. The topological polar surface area (TPSA) is 12.9 Å². The van der Waals surface area contributed by atoms with E-state index in [0.29, 0.717) is 0 Å². The van der Waals surface area contributed by atoms with E-state index in [4.69, 9.17) is 4.98 Å². The number of aromatic nitrogens is 1. The molecule has 5 rings (SSSR count). The highest BCUT2D eigenvalue weighted by atomic mass is 14.7. The molecule has 0 saturated carbocycles. The summed E-state index contributed by atoms with van der Waals surface area (Å²) >= 11 is 0. The first-order valence-electron chi connectivity index (χ1n) is 8.83. The van der Waals surface area contributed by atoms with Gasteiger partial charge in [0.2, 0.25) is 0 Å². The van der Waals surface area contributed by atoms with Gasteiger partial charge in [0.1, 0.15) is 0 Å². The Morgan fingerprint density at radius 2 is 0.846 bits per heavy atom. The molecule has 1 heterocycles. The van der Waals surface area contributed by atoms with Crippen LogP contribution in [0.3, 0.4) is 0 Å². The summed E-state index contributed by atoms with van der Waals surface area (Å²) in [5.41, 5.74) is 9.33. The van der Waals surface area contributed by atoms with Crippen molar-refractivity contribution in [3.05, 3.63) is 103 Å². The molecule has 0 saturated heterocycles. The Morgan fingerprint density at radius 1 is 0.346 bits per heavy atom. The zero-order valence-corrected chi connectivity index (χ0v) is 14.3.